The van der Waals surface area contributed by atoms with Crippen LogP contribution in [0.1, 0.15) is 77.6 Å². The van der Waals surface area contributed by atoms with Gasteiger partial charge in [-0.15, -0.1) is 0 Å². The number of nitrogens with one attached hydrogen (secondary N) is 1. The Morgan fingerprint density at radius 1 is 0.920 bits per heavy atom. The second-order valence-corrected chi connectivity index (χ2v) is 8.89. The van der Waals surface area contributed by atoms with Crippen molar-refractivity contribution in [1.29, 1.82) is 0 Å². The normalized spacial score (nSPS) is 13.0. The van der Waals surface area contributed by atoms with Crippen molar-refractivity contribution >= 4 is 39.9 Å². The molecule has 0 aromatic heterocycles. The molecule has 0 saturated carbocycles. The van der Waals surface area contributed by atoms with E-state index in [-0.39, 0.29) is 40.9 Å². The zero-order valence-corrected chi connectivity index (χ0v) is 17.9. The van der Waals surface area contributed by atoms with E-state index in [1.807, 2.05) is 0 Å². The minimum absolute atomic E-state index is 0.0403. The van der Waals surface area contributed by atoms with Crippen LogP contribution in [0, 0.1) is 0 Å². The van der Waals surface area contributed by atoms with Crippen LogP contribution in [-0.4, -0.2) is 74.4 Å². The molecule has 0 fully saturated rings. The van der Waals surface area contributed by atoms with Gasteiger partial charge in [-0.05, 0) is 0 Å². The van der Waals surface area contributed by atoms with Crippen LogP contribution in [0.4, 0.5) is 0 Å². The summed E-state index contributed by atoms with van der Waals surface area (Å²) in [5.41, 5.74) is 0. The van der Waals surface area contributed by atoms with Crippen molar-refractivity contribution in [2.75, 3.05) is 13.1 Å². The van der Waals surface area contributed by atoms with Crippen LogP contribution in [0.5, 0.6) is 0 Å². The number of carbonyl (C=O) groups is 2. The number of rotatable bonds is 17. The van der Waals surface area contributed by atoms with Crippen molar-refractivity contribution in [3.63, 3.8) is 0 Å². The van der Waals surface area contributed by atoms with Crippen molar-refractivity contribution in [2.24, 2.45) is 0 Å². The summed E-state index contributed by atoms with van der Waals surface area (Å²) in [6.45, 7) is 3.23. The van der Waals surface area contributed by atoms with Crippen LogP contribution < -0.4 is 5.32 Å². The molecule has 0 spiro atoms. The molecule has 1 unspecified atom stereocenters. The van der Waals surface area contributed by atoms with Gasteiger partial charge in [0.1, 0.15) is 0 Å². The van der Waals surface area contributed by atoms with Crippen LogP contribution in [-0.2, 0) is 9.59 Å². The molecule has 0 radical (unpaired) electrons. The topological polar surface area (TPSA) is 107 Å². The molecule has 0 aliphatic carbocycles. The third-order valence-electron chi connectivity index (χ3n) is 4.67. The summed E-state index contributed by atoms with van der Waals surface area (Å²) in [6.07, 6.45) is 11.4. The van der Waals surface area contributed by atoms with Crippen molar-refractivity contribution in [1.82, 2.24) is 5.32 Å². The number of carboxylic acid groups (broad SMARTS) is 2. The van der Waals surface area contributed by atoms with Gasteiger partial charge < -0.3 is 0 Å². The fourth-order valence-corrected chi connectivity index (χ4v) is 3.29. The van der Waals surface area contributed by atoms with Crippen LogP contribution in [0.25, 0.3) is 0 Å². The van der Waals surface area contributed by atoms with Gasteiger partial charge in [-0.25, -0.2) is 0 Å². The molecule has 1 atom stereocenters. The summed E-state index contributed by atoms with van der Waals surface area (Å²) in [6, 6.07) is 0. The van der Waals surface area contributed by atoms with Gasteiger partial charge in [0, 0.05) is 0 Å². The molecule has 0 saturated heterocycles. The summed E-state index contributed by atoms with van der Waals surface area (Å²) in [7, 11) is 0. The number of carboxylic acids is 2. The van der Waals surface area contributed by atoms with E-state index < -0.39 is 20.7 Å². The Bertz CT molecular complexity index is 364. The van der Waals surface area contributed by atoms with Gasteiger partial charge >= 0.3 is 137 Å². The van der Waals surface area contributed by atoms with Crippen molar-refractivity contribution in [3.05, 3.63) is 0 Å². The standard InChI is InChI=1S/C18H34NO5.Na/c1-2-3-4-5-6-7-8-9-10-11-12-19-14-15(20)13-16(17(21)22)18(23)24;/h15,19-20H,2-14H2,1H3,(H,21,22)(H,23,24);. The van der Waals surface area contributed by atoms with E-state index in [9.17, 15) is 14.7 Å². The molecule has 6 nitrogen and oxygen atoms in total. The number of unbranched alkanes of at least 4 members (excludes halogenated alkanes) is 9. The van der Waals surface area contributed by atoms with Crippen LogP contribution in [0.2, 0.25) is 2.66 Å². The molecule has 142 valence electrons. The molecule has 0 aliphatic rings. The zero-order valence-electron chi connectivity index (χ0n) is 15.9. The van der Waals surface area contributed by atoms with Gasteiger partial charge in [0.15, 0.2) is 0 Å². The van der Waals surface area contributed by atoms with Crippen molar-refractivity contribution in [2.45, 2.75) is 86.3 Å². The first-order valence-corrected chi connectivity index (χ1v) is 10.7. The van der Waals surface area contributed by atoms with Crippen LogP contribution in [0.15, 0.2) is 0 Å². The van der Waals surface area contributed by atoms with Crippen LogP contribution >= 0.6 is 0 Å². The Morgan fingerprint density at radius 2 is 1.36 bits per heavy atom. The first kappa shape index (κ1) is 24.9. The number of aliphatic hydroxyl groups excluding tert-OH is 1. The van der Waals surface area contributed by atoms with E-state index in [4.69, 9.17) is 10.2 Å². The molecule has 0 aromatic carbocycles. The molecule has 0 aliphatic heterocycles. The Kier molecular flexibility index (Phi) is 14.9. The predicted molar refractivity (Wildman–Crippen MR) is 99.1 cm³/mol. The Hall–Kier alpha value is -0.140. The van der Waals surface area contributed by atoms with E-state index in [0.29, 0.717) is 0 Å². The molecular formula is C18H34NNaO5. The van der Waals surface area contributed by atoms with Gasteiger partial charge in [0.25, 0.3) is 0 Å². The molecule has 0 bridgehead atoms. The average Bonchev–Trinajstić information content (AvgIpc) is 2.55. The fourth-order valence-electron chi connectivity index (χ4n) is 2.82. The molecule has 0 heterocycles. The number of hydrogen-bond donors (Lipinski definition) is 4. The summed E-state index contributed by atoms with van der Waals surface area (Å²) in [5.74, 6) is -2.72. The van der Waals surface area contributed by atoms with Gasteiger partial charge in [0.2, 0.25) is 0 Å². The maximum atomic E-state index is 11.1. The van der Waals surface area contributed by atoms with Gasteiger partial charge in [-0.3, -0.25) is 0 Å². The van der Waals surface area contributed by atoms with Crippen molar-refractivity contribution in [3.8, 4) is 0 Å². The Morgan fingerprint density at radius 3 is 1.80 bits per heavy atom. The zero-order chi connectivity index (χ0) is 19.1. The monoisotopic (exact) mass is 367 g/mol. The minimum atomic E-state index is -1.81. The first-order valence-electron chi connectivity index (χ1n) is 9.70. The van der Waals surface area contributed by atoms with E-state index >= 15 is 0 Å². The third kappa shape index (κ3) is 12.0. The molecule has 0 aromatic rings. The fraction of sp³-hybridized carbons (Fsp3) is 0.889. The number of hydrogen-bond acceptors (Lipinski definition) is 4. The Labute approximate surface area is 169 Å². The van der Waals surface area contributed by atoms with Crippen molar-refractivity contribution < 1.29 is 24.9 Å². The maximum absolute atomic E-state index is 11.1. The number of aliphatic hydroxyl groups is 1. The molecule has 0 amide bonds. The number of aliphatic carboxylic acids is 2. The molecular weight excluding hydrogens is 333 g/mol. The van der Waals surface area contributed by atoms with Gasteiger partial charge in [-0.1, -0.05) is 32.6 Å². The van der Waals surface area contributed by atoms with E-state index in [1.54, 1.807) is 0 Å². The van der Waals surface area contributed by atoms with Crippen LogP contribution in [0.3, 0.4) is 0 Å². The third-order valence-corrected chi connectivity index (χ3v) is 5.94. The van der Waals surface area contributed by atoms with E-state index in [1.165, 1.54) is 51.4 Å². The summed E-state index contributed by atoms with van der Waals surface area (Å²) < 4.78 is -1.81. The van der Waals surface area contributed by atoms with E-state index in [0.717, 1.165) is 19.4 Å². The summed E-state index contributed by atoms with van der Waals surface area (Å²) in [5, 5.41) is 31.1. The van der Waals surface area contributed by atoms with E-state index in [2.05, 4.69) is 12.2 Å². The SMILES string of the molecule is CCCCCCCCCCCCNCC(O)C[C]([Na])(C(=O)O)C(=O)O. The Balaban J connectivity index is 3.59. The predicted octanol–water partition coefficient (Wildman–Crippen LogP) is 2.74. The average molecular weight is 367 g/mol. The quantitative estimate of drug-likeness (QED) is 0.179. The summed E-state index contributed by atoms with van der Waals surface area (Å²) in [4.78, 5) is 22.2. The first-order chi connectivity index (χ1) is 11.8. The molecule has 0 rings (SSSR count). The van der Waals surface area contributed by atoms with Gasteiger partial charge in [-0.2, -0.15) is 0 Å². The molecule has 25 heavy (non-hydrogen) atoms. The second kappa shape index (κ2) is 15.0. The summed E-state index contributed by atoms with van der Waals surface area (Å²) >= 11 is -0.0403. The second-order valence-electron chi connectivity index (χ2n) is 7.19. The molecule has 4 N–H and O–H groups in total. The van der Waals surface area contributed by atoms with Gasteiger partial charge in [0.05, 0.1) is 0 Å². The molecule has 7 heteroatoms.